The van der Waals surface area contributed by atoms with E-state index in [0.717, 1.165) is 4.47 Å². The molecule has 0 saturated carbocycles. The number of amides is 1. The predicted molar refractivity (Wildman–Crippen MR) is 135 cm³/mol. The van der Waals surface area contributed by atoms with Crippen molar-refractivity contribution in [2.75, 3.05) is 18.9 Å². The summed E-state index contributed by atoms with van der Waals surface area (Å²) in [4.78, 5) is 32.8. The van der Waals surface area contributed by atoms with Gasteiger partial charge in [0.2, 0.25) is 0 Å². The Morgan fingerprint density at radius 3 is 2.15 bits per heavy atom. The van der Waals surface area contributed by atoms with Gasteiger partial charge in [0.25, 0.3) is 0 Å². The first kappa shape index (κ1) is 32.0. The van der Waals surface area contributed by atoms with E-state index in [2.05, 4.69) is 39.4 Å². The van der Waals surface area contributed by atoms with Crippen LogP contribution in [0.2, 0.25) is 0 Å². The summed E-state index contributed by atoms with van der Waals surface area (Å²) in [6, 6.07) is 11.3. The highest BCUT2D eigenvalue weighted by Gasteiger charge is 2.17. The van der Waals surface area contributed by atoms with Gasteiger partial charge in [-0.2, -0.15) is 0 Å². The Morgan fingerprint density at radius 2 is 1.67 bits per heavy atom. The highest BCUT2D eigenvalue weighted by molar-refractivity contribution is 9.10. The zero-order valence-corrected chi connectivity index (χ0v) is 21.5. The largest absolute Gasteiger partial charge is 0.444 e. The van der Waals surface area contributed by atoms with Crippen molar-refractivity contribution in [2.45, 2.75) is 40.2 Å². The van der Waals surface area contributed by atoms with Gasteiger partial charge in [0.1, 0.15) is 17.7 Å². The Bertz CT molecular complexity index is 909. The molecule has 6 nitrogen and oxygen atoms in total. The number of ether oxygens (including phenoxy) is 1. The van der Waals surface area contributed by atoms with E-state index in [1.54, 1.807) is 52.1 Å². The number of carbonyl (C=O) groups excluding carboxylic acids is 3. The molecule has 2 aromatic carbocycles. The Balaban J connectivity index is 0. The van der Waals surface area contributed by atoms with E-state index in [4.69, 9.17) is 4.74 Å². The molecule has 0 saturated heterocycles. The topological polar surface area (TPSA) is 84.5 Å². The molecular weight excluding hydrogens is 491 g/mol. The lowest BCUT2D eigenvalue weighted by molar-refractivity contribution is -0.107. The number of rotatable bonds is 5. The van der Waals surface area contributed by atoms with E-state index in [9.17, 15) is 18.8 Å². The number of benzene rings is 2. The van der Waals surface area contributed by atoms with Gasteiger partial charge in [-0.1, -0.05) is 41.9 Å². The van der Waals surface area contributed by atoms with Crippen LogP contribution in [0.1, 0.15) is 50.5 Å². The lowest BCUT2D eigenvalue weighted by atomic mass is 10.0. The molecule has 0 aromatic heterocycles. The number of alkyl carbamates (subject to hydrolysis) is 1. The van der Waals surface area contributed by atoms with Crippen LogP contribution in [0.5, 0.6) is 0 Å². The van der Waals surface area contributed by atoms with Crippen LogP contribution in [0.15, 0.2) is 46.9 Å². The monoisotopic (exact) mass is 522 g/mol. The zero-order chi connectivity index (χ0) is 26.0. The molecule has 33 heavy (non-hydrogen) atoms. The molecule has 0 aliphatic rings. The number of terminal acetylenes is 1. The molecule has 2 aromatic rings. The number of ketones is 1. The van der Waals surface area contributed by atoms with Crippen molar-refractivity contribution in [3.63, 3.8) is 0 Å². The van der Waals surface area contributed by atoms with Crippen LogP contribution < -0.4 is 10.6 Å². The first-order valence-electron chi connectivity index (χ1n) is 10.1. The number of hydrogen-bond acceptors (Lipinski definition) is 5. The van der Waals surface area contributed by atoms with Gasteiger partial charge in [0.15, 0.2) is 5.78 Å². The summed E-state index contributed by atoms with van der Waals surface area (Å²) in [6.45, 7) is 9.27. The molecular formula is C25H32BrFN2O4. The molecule has 0 spiro atoms. The van der Waals surface area contributed by atoms with Crippen molar-refractivity contribution in [3.05, 3.63) is 63.9 Å². The van der Waals surface area contributed by atoms with E-state index in [-0.39, 0.29) is 17.9 Å². The summed E-state index contributed by atoms with van der Waals surface area (Å²) in [5, 5.41) is 5.19. The van der Waals surface area contributed by atoms with Crippen LogP contribution in [-0.4, -0.2) is 37.4 Å². The van der Waals surface area contributed by atoms with Gasteiger partial charge in [-0.05, 0) is 51.1 Å². The van der Waals surface area contributed by atoms with Crippen LogP contribution >= 0.6 is 15.9 Å². The van der Waals surface area contributed by atoms with Crippen LogP contribution in [0.4, 0.5) is 14.9 Å². The molecule has 0 aliphatic heterocycles. The molecule has 0 fully saturated rings. The quantitative estimate of drug-likeness (QED) is 0.292. The van der Waals surface area contributed by atoms with Crippen molar-refractivity contribution in [1.82, 2.24) is 5.32 Å². The fourth-order valence-electron chi connectivity index (χ4n) is 2.15. The van der Waals surface area contributed by atoms with Gasteiger partial charge in [0.05, 0.1) is 12.1 Å². The maximum Gasteiger partial charge on any atom is 0.408 e. The number of aldehydes is 1. The molecule has 0 heterocycles. The van der Waals surface area contributed by atoms with E-state index < -0.39 is 17.5 Å². The lowest BCUT2D eigenvalue weighted by Gasteiger charge is -2.18. The third-order valence-corrected chi connectivity index (χ3v) is 3.84. The maximum absolute atomic E-state index is 13.6. The summed E-state index contributed by atoms with van der Waals surface area (Å²) in [5.41, 5.74) is 0.683. The SMILES string of the molecule is C#C.CC.CC(C)(C)OC(=O)NCC=O.CNc1ccc(Br)cc1C(=O)c1ccccc1F. The average molecular weight is 523 g/mol. The van der Waals surface area contributed by atoms with Crippen molar-refractivity contribution < 1.29 is 23.5 Å². The summed E-state index contributed by atoms with van der Waals surface area (Å²) >= 11 is 3.31. The molecule has 0 bridgehead atoms. The van der Waals surface area contributed by atoms with Gasteiger partial charge in [-0.15, -0.1) is 12.8 Å². The van der Waals surface area contributed by atoms with Gasteiger partial charge >= 0.3 is 6.09 Å². The van der Waals surface area contributed by atoms with Crippen molar-refractivity contribution in [2.24, 2.45) is 0 Å². The lowest BCUT2D eigenvalue weighted by Crippen LogP contribution is -2.33. The van der Waals surface area contributed by atoms with Crippen molar-refractivity contribution in [1.29, 1.82) is 0 Å². The number of halogens is 2. The fourth-order valence-corrected chi connectivity index (χ4v) is 2.51. The Morgan fingerprint density at radius 1 is 1.09 bits per heavy atom. The normalized spacial score (nSPS) is 9.27. The molecule has 180 valence electrons. The number of nitrogens with one attached hydrogen (secondary N) is 2. The molecule has 0 atom stereocenters. The van der Waals surface area contributed by atoms with Crippen molar-refractivity contribution in [3.8, 4) is 12.8 Å². The summed E-state index contributed by atoms with van der Waals surface area (Å²) < 4.78 is 19.2. The van der Waals surface area contributed by atoms with E-state index in [1.165, 1.54) is 12.1 Å². The molecule has 0 unspecified atom stereocenters. The fraction of sp³-hybridized carbons (Fsp3) is 0.320. The van der Waals surface area contributed by atoms with E-state index in [1.807, 2.05) is 19.9 Å². The smallest absolute Gasteiger partial charge is 0.408 e. The van der Waals surface area contributed by atoms with Gasteiger partial charge < -0.3 is 20.2 Å². The minimum atomic E-state index is -0.565. The first-order chi connectivity index (χ1) is 15.6. The number of anilines is 1. The third kappa shape index (κ3) is 13.1. The second-order valence-electron chi connectivity index (χ2n) is 6.80. The molecule has 8 heteroatoms. The standard InChI is InChI=1S/C14H11BrFNO.C7H13NO3.C2H6.C2H2/c1-17-13-7-6-9(15)8-11(13)14(18)10-4-2-3-5-12(10)16;1-7(2,3)11-6(10)8-4-5-9;2*1-2/h2-8,17H,1H3;5H,4H2,1-3H3,(H,8,10);1-2H3;1-2H. The van der Waals surface area contributed by atoms with E-state index >= 15 is 0 Å². The third-order valence-electron chi connectivity index (χ3n) is 3.34. The zero-order valence-electron chi connectivity index (χ0n) is 19.9. The van der Waals surface area contributed by atoms with E-state index in [0.29, 0.717) is 17.5 Å². The number of hydrogen-bond donors (Lipinski definition) is 2. The summed E-state index contributed by atoms with van der Waals surface area (Å²) in [6.07, 6.45) is 8.04. The molecule has 2 rings (SSSR count). The molecule has 2 N–H and O–H groups in total. The Kier molecular flexibility index (Phi) is 16.9. The summed E-state index contributed by atoms with van der Waals surface area (Å²) in [7, 11) is 1.72. The van der Waals surface area contributed by atoms with Gasteiger partial charge in [0, 0.05) is 22.8 Å². The number of carbonyl (C=O) groups is 3. The Hall–Kier alpha value is -3.18. The van der Waals surface area contributed by atoms with Crippen LogP contribution in [-0.2, 0) is 9.53 Å². The van der Waals surface area contributed by atoms with Gasteiger partial charge in [-0.3, -0.25) is 4.79 Å². The maximum atomic E-state index is 13.6. The summed E-state index contributed by atoms with van der Waals surface area (Å²) in [5.74, 6) is -0.844. The second kappa shape index (κ2) is 17.4. The second-order valence-corrected chi connectivity index (χ2v) is 7.71. The average Bonchev–Trinajstić information content (AvgIpc) is 2.79. The highest BCUT2D eigenvalue weighted by Crippen LogP contribution is 2.24. The molecule has 1 amide bonds. The highest BCUT2D eigenvalue weighted by atomic mass is 79.9. The Labute approximate surface area is 204 Å². The van der Waals surface area contributed by atoms with Crippen LogP contribution in [0.25, 0.3) is 0 Å². The minimum absolute atomic E-state index is 0.00505. The first-order valence-corrected chi connectivity index (χ1v) is 10.9. The van der Waals surface area contributed by atoms with Crippen LogP contribution in [0, 0.1) is 18.7 Å². The predicted octanol–water partition coefficient (Wildman–Crippen LogP) is 5.85. The van der Waals surface area contributed by atoms with Crippen LogP contribution in [0.3, 0.4) is 0 Å². The van der Waals surface area contributed by atoms with Gasteiger partial charge in [-0.25, -0.2) is 9.18 Å². The molecule has 0 radical (unpaired) electrons. The van der Waals surface area contributed by atoms with Crippen molar-refractivity contribution >= 4 is 39.8 Å². The molecule has 0 aliphatic carbocycles. The minimum Gasteiger partial charge on any atom is -0.444 e.